The van der Waals surface area contributed by atoms with Crippen LogP contribution in [0.15, 0.2) is 36.9 Å². The van der Waals surface area contributed by atoms with Crippen LogP contribution in [-0.4, -0.2) is 49.8 Å². The predicted octanol–water partition coefficient (Wildman–Crippen LogP) is 5.13. The van der Waals surface area contributed by atoms with Crippen molar-refractivity contribution in [1.29, 1.82) is 0 Å². The second-order valence-electron chi connectivity index (χ2n) is 10.8. The number of nitrogens with one attached hydrogen (secondary N) is 2. The number of imidazole rings is 1. The summed E-state index contributed by atoms with van der Waals surface area (Å²) in [5, 5.41) is 15.4. The van der Waals surface area contributed by atoms with E-state index in [1.807, 2.05) is 20.8 Å². The molecule has 0 bridgehead atoms. The summed E-state index contributed by atoms with van der Waals surface area (Å²) < 4.78 is 60.4. The van der Waals surface area contributed by atoms with Gasteiger partial charge in [-0.3, -0.25) is 9.38 Å². The van der Waals surface area contributed by atoms with Gasteiger partial charge in [-0.25, -0.2) is 19.2 Å². The normalized spacial score (nSPS) is 13.3. The second kappa shape index (κ2) is 10.6. The van der Waals surface area contributed by atoms with Gasteiger partial charge in [0.05, 0.1) is 18.7 Å². The summed E-state index contributed by atoms with van der Waals surface area (Å²) in [6, 6.07) is 4.62. The third kappa shape index (κ3) is 5.80. The number of hydrogen-bond donors (Lipinski definition) is 3. The van der Waals surface area contributed by atoms with E-state index in [9.17, 15) is 27.5 Å². The number of rotatable bonds is 8. The number of anilines is 1. The van der Waals surface area contributed by atoms with E-state index in [0.29, 0.717) is 46.7 Å². The Morgan fingerprint density at radius 1 is 1.10 bits per heavy atom. The molecule has 0 amide bonds. The van der Waals surface area contributed by atoms with Crippen molar-refractivity contribution in [1.82, 2.24) is 24.7 Å². The standard InChI is InChI=1S/C28H28F4N6O3/c1-27(2,3)22-8-15(9-33-13-28(30,31)32)17(10-34-22)19-12-36-26(38-14-37-23(24(19)38)25(39)40)35-11-18-16-6-7-41-21(16)5-4-20(18)29/h4-5,8,10,12,14,33H,6-7,9,11,13H2,1-3H3,(H,35,36)(H,39,40). The van der Waals surface area contributed by atoms with Crippen molar-refractivity contribution in [2.45, 2.75) is 51.9 Å². The van der Waals surface area contributed by atoms with Crippen LogP contribution in [0.5, 0.6) is 5.75 Å². The summed E-state index contributed by atoms with van der Waals surface area (Å²) >= 11 is 0. The Balaban J connectivity index is 1.58. The van der Waals surface area contributed by atoms with Gasteiger partial charge in [0.1, 0.15) is 17.9 Å². The van der Waals surface area contributed by atoms with E-state index in [4.69, 9.17) is 4.74 Å². The van der Waals surface area contributed by atoms with Crippen molar-refractivity contribution in [2.24, 2.45) is 0 Å². The summed E-state index contributed by atoms with van der Waals surface area (Å²) in [5.41, 5.74) is 2.53. The van der Waals surface area contributed by atoms with Crippen LogP contribution in [0.4, 0.5) is 23.5 Å². The number of hydrogen-bond acceptors (Lipinski definition) is 7. The van der Waals surface area contributed by atoms with E-state index in [0.717, 1.165) is 5.56 Å². The van der Waals surface area contributed by atoms with Crippen LogP contribution in [0, 0.1) is 5.82 Å². The molecule has 3 N–H and O–H groups in total. The van der Waals surface area contributed by atoms with Gasteiger partial charge in [0.15, 0.2) is 5.69 Å². The van der Waals surface area contributed by atoms with Crippen LogP contribution in [0.3, 0.4) is 0 Å². The smallest absolute Gasteiger partial charge is 0.401 e. The van der Waals surface area contributed by atoms with Crippen molar-refractivity contribution in [3.63, 3.8) is 0 Å². The SMILES string of the molecule is CC(C)(C)c1cc(CNCC(F)(F)F)c(-c2cnc(NCc3c(F)ccc4c3CCO4)n3cnc(C(=O)O)c23)cn1. The van der Waals surface area contributed by atoms with E-state index >= 15 is 0 Å². The van der Waals surface area contributed by atoms with Gasteiger partial charge in [0.2, 0.25) is 5.95 Å². The number of carbonyl (C=O) groups is 1. The number of carboxylic acids is 1. The van der Waals surface area contributed by atoms with Gasteiger partial charge in [-0.1, -0.05) is 20.8 Å². The first kappa shape index (κ1) is 28.3. The monoisotopic (exact) mass is 572 g/mol. The fourth-order valence-electron chi connectivity index (χ4n) is 4.81. The molecule has 1 aliphatic heterocycles. The molecule has 3 aromatic heterocycles. The molecule has 0 radical (unpaired) electrons. The molecule has 0 atom stereocenters. The summed E-state index contributed by atoms with van der Waals surface area (Å²) in [5.74, 6) is -0.889. The Labute approximate surface area is 232 Å². The number of aromatic nitrogens is 4. The zero-order valence-electron chi connectivity index (χ0n) is 22.6. The fraction of sp³-hybridized carbons (Fsp3) is 0.357. The molecule has 4 heterocycles. The lowest BCUT2D eigenvalue weighted by molar-refractivity contribution is -0.125. The van der Waals surface area contributed by atoms with Crippen LogP contribution in [0.25, 0.3) is 16.6 Å². The Bertz CT molecular complexity index is 1630. The minimum Gasteiger partial charge on any atom is -0.493 e. The Morgan fingerprint density at radius 2 is 1.85 bits per heavy atom. The maximum absolute atomic E-state index is 14.7. The van der Waals surface area contributed by atoms with Crippen LogP contribution in [0.2, 0.25) is 0 Å². The van der Waals surface area contributed by atoms with Gasteiger partial charge in [0, 0.05) is 65.3 Å². The molecule has 0 fully saturated rings. The summed E-state index contributed by atoms with van der Waals surface area (Å²) in [6.07, 6.45) is 0.362. The van der Waals surface area contributed by atoms with Crippen molar-refractivity contribution >= 4 is 17.4 Å². The van der Waals surface area contributed by atoms with Gasteiger partial charge >= 0.3 is 12.1 Å². The number of aromatic carboxylic acids is 1. The highest BCUT2D eigenvalue weighted by molar-refractivity contribution is 5.99. The molecule has 0 spiro atoms. The molecular weight excluding hydrogens is 544 g/mol. The summed E-state index contributed by atoms with van der Waals surface area (Å²) in [4.78, 5) is 25.2. The van der Waals surface area contributed by atoms with Crippen LogP contribution in [-0.2, 0) is 24.9 Å². The number of halogens is 4. The molecule has 1 aromatic carbocycles. The molecule has 216 valence electrons. The van der Waals surface area contributed by atoms with Crippen molar-refractivity contribution in [3.8, 4) is 16.9 Å². The first-order valence-corrected chi connectivity index (χ1v) is 12.9. The molecule has 0 unspecified atom stereocenters. The van der Waals surface area contributed by atoms with E-state index in [-0.39, 0.29) is 35.7 Å². The molecule has 13 heteroatoms. The number of ether oxygens (including phenoxy) is 1. The lowest BCUT2D eigenvalue weighted by Crippen LogP contribution is -2.28. The minimum absolute atomic E-state index is 0.0504. The zero-order valence-corrected chi connectivity index (χ0v) is 22.6. The molecule has 4 aromatic rings. The van der Waals surface area contributed by atoms with Gasteiger partial charge in [0.25, 0.3) is 0 Å². The van der Waals surface area contributed by atoms with E-state index in [1.165, 1.54) is 29.2 Å². The summed E-state index contributed by atoms with van der Waals surface area (Å²) in [7, 11) is 0. The molecule has 9 nitrogen and oxygen atoms in total. The number of alkyl halides is 3. The van der Waals surface area contributed by atoms with Gasteiger partial charge < -0.3 is 20.5 Å². The molecular formula is C28H28F4N6O3. The third-order valence-corrected chi connectivity index (χ3v) is 6.82. The van der Waals surface area contributed by atoms with Gasteiger partial charge in [-0.05, 0) is 23.8 Å². The van der Waals surface area contributed by atoms with Crippen LogP contribution in [0.1, 0.15) is 53.6 Å². The molecule has 0 saturated heterocycles. The lowest BCUT2D eigenvalue weighted by Gasteiger charge is -2.21. The zero-order chi connectivity index (χ0) is 29.5. The van der Waals surface area contributed by atoms with E-state index in [2.05, 4.69) is 25.6 Å². The maximum Gasteiger partial charge on any atom is 0.401 e. The number of nitrogens with zero attached hydrogens (tertiary/aromatic N) is 4. The first-order chi connectivity index (χ1) is 19.3. The Hall–Kier alpha value is -4.26. The Morgan fingerprint density at radius 3 is 2.56 bits per heavy atom. The lowest BCUT2D eigenvalue weighted by atomic mass is 9.89. The quantitative estimate of drug-likeness (QED) is 0.249. The molecule has 0 aliphatic carbocycles. The minimum atomic E-state index is -4.41. The highest BCUT2D eigenvalue weighted by atomic mass is 19.4. The average Bonchev–Trinajstić information content (AvgIpc) is 3.55. The van der Waals surface area contributed by atoms with Crippen molar-refractivity contribution in [2.75, 3.05) is 18.5 Å². The molecule has 41 heavy (non-hydrogen) atoms. The van der Waals surface area contributed by atoms with Crippen LogP contribution < -0.4 is 15.4 Å². The summed E-state index contributed by atoms with van der Waals surface area (Å²) in [6.45, 7) is 4.94. The van der Waals surface area contributed by atoms with Gasteiger partial charge in [-0.2, -0.15) is 13.2 Å². The fourth-order valence-corrected chi connectivity index (χ4v) is 4.81. The number of benzene rings is 1. The van der Waals surface area contributed by atoms with Crippen LogP contribution >= 0.6 is 0 Å². The largest absolute Gasteiger partial charge is 0.493 e. The second-order valence-corrected chi connectivity index (χ2v) is 10.8. The maximum atomic E-state index is 14.7. The molecule has 0 saturated carbocycles. The average molecular weight is 573 g/mol. The van der Waals surface area contributed by atoms with E-state index < -0.39 is 24.5 Å². The Kier molecular flexibility index (Phi) is 7.32. The number of fused-ring (bicyclic) bond motifs is 2. The van der Waals surface area contributed by atoms with Gasteiger partial charge in [-0.15, -0.1) is 0 Å². The first-order valence-electron chi connectivity index (χ1n) is 12.9. The highest BCUT2D eigenvalue weighted by Gasteiger charge is 2.28. The topological polar surface area (TPSA) is 114 Å². The molecule has 1 aliphatic rings. The number of pyridine rings is 1. The molecule has 5 rings (SSSR count). The van der Waals surface area contributed by atoms with Crippen molar-refractivity contribution < 1.29 is 32.2 Å². The number of carboxylic acid groups (broad SMARTS) is 1. The van der Waals surface area contributed by atoms with E-state index in [1.54, 1.807) is 12.1 Å². The predicted molar refractivity (Wildman–Crippen MR) is 143 cm³/mol. The van der Waals surface area contributed by atoms with Crippen molar-refractivity contribution in [3.05, 3.63) is 70.8 Å². The third-order valence-electron chi connectivity index (χ3n) is 6.82. The highest BCUT2D eigenvalue weighted by Crippen LogP contribution is 2.34.